The van der Waals surface area contributed by atoms with Gasteiger partial charge < -0.3 is 19.3 Å². The zero-order valence-electron chi connectivity index (χ0n) is 31.0. The molecule has 4 aromatic rings. The van der Waals surface area contributed by atoms with Crippen LogP contribution in [0.15, 0.2) is 132 Å². The van der Waals surface area contributed by atoms with E-state index in [0.717, 1.165) is 67.2 Å². The molecule has 2 unspecified atom stereocenters. The van der Waals surface area contributed by atoms with Gasteiger partial charge in [-0.05, 0) is 99.9 Å². The third-order valence-corrected chi connectivity index (χ3v) is 9.90. The molecule has 2 atom stereocenters. The summed E-state index contributed by atoms with van der Waals surface area (Å²) in [4.78, 5) is 46.1. The van der Waals surface area contributed by atoms with Gasteiger partial charge in [0.15, 0.2) is 5.78 Å². The summed E-state index contributed by atoms with van der Waals surface area (Å²) in [5.41, 5.74) is 12.0. The lowest BCUT2D eigenvalue weighted by molar-refractivity contribution is -0.120. The Balaban J connectivity index is 0.000000187. The van der Waals surface area contributed by atoms with Gasteiger partial charge in [-0.15, -0.1) is 0 Å². The van der Waals surface area contributed by atoms with Gasteiger partial charge in [0, 0.05) is 50.1 Å². The number of aldehydes is 1. The molecular weight excluding hydrogens is 705 g/mol. The van der Waals surface area contributed by atoms with Gasteiger partial charge in [-0.2, -0.15) is 0 Å². The van der Waals surface area contributed by atoms with Gasteiger partial charge in [0.25, 0.3) is 6.47 Å². The lowest BCUT2D eigenvalue weighted by Gasteiger charge is -2.31. The van der Waals surface area contributed by atoms with Crippen molar-refractivity contribution in [3.63, 3.8) is 0 Å². The highest BCUT2D eigenvalue weighted by molar-refractivity contribution is 6.01. The molecule has 0 spiro atoms. The van der Waals surface area contributed by atoms with Crippen LogP contribution >= 0.6 is 0 Å². The zero-order chi connectivity index (χ0) is 39.0. The Morgan fingerprint density at radius 1 is 0.661 bits per heavy atom. The number of aromatic carboxylic acids is 1. The maximum atomic E-state index is 12.0. The number of fused-ring (bicyclic) bond motifs is 4. The Morgan fingerprint density at radius 2 is 1.20 bits per heavy atom. The highest BCUT2D eigenvalue weighted by Crippen LogP contribution is 2.46. The van der Waals surface area contributed by atoms with Crippen LogP contribution in [0.4, 0.5) is 0 Å². The summed E-state index contributed by atoms with van der Waals surface area (Å²) >= 11 is 0. The van der Waals surface area contributed by atoms with Crippen LogP contribution in [0.1, 0.15) is 92.7 Å². The van der Waals surface area contributed by atoms with E-state index < -0.39 is 5.97 Å². The molecule has 0 amide bonds. The minimum absolute atomic E-state index is 0. The number of hydrogen-bond donors (Lipinski definition) is 1. The second-order valence-electron chi connectivity index (χ2n) is 13.9. The number of rotatable bonds is 7. The van der Waals surface area contributed by atoms with E-state index >= 15 is 0 Å². The molecule has 2 heterocycles. The Bertz CT molecular complexity index is 2500. The highest BCUT2D eigenvalue weighted by atomic mass is 16.5. The maximum Gasteiger partial charge on any atom is 0.336 e. The minimum atomic E-state index is -1.06. The molecule has 8 nitrogen and oxygen atoms in total. The molecule has 8 rings (SSSR count). The Kier molecular flexibility index (Phi) is 11.0. The lowest BCUT2D eigenvalue weighted by Crippen LogP contribution is -2.25. The van der Waals surface area contributed by atoms with Crippen LogP contribution in [0, 0.1) is 13.8 Å². The first-order chi connectivity index (χ1) is 26.4. The molecule has 0 radical (unpaired) electrons. The number of carbonyl (C=O) groups excluding carboxylic acids is 3. The fourth-order valence-corrected chi connectivity index (χ4v) is 7.23. The van der Waals surface area contributed by atoms with E-state index in [2.05, 4.69) is 6.08 Å². The van der Waals surface area contributed by atoms with Crippen LogP contribution in [0.5, 0.6) is 17.2 Å². The van der Waals surface area contributed by atoms with Crippen molar-refractivity contribution in [2.24, 2.45) is 0 Å². The second kappa shape index (κ2) is 15.9. The Hall–Kier alpha value is -6.80. The number of ketones is 1. The fourth-order valence-electron chi connectivity index (χ4n) is 7.23. The molecule has 2 aliphatic carbocycles. The van der Waals surface area contributed by atoms with Gasteiger partial charge in [-0.3, -0.25) is 14.4 Å². The molecule has 0 bridgehead atoms. The topological polar surface area (TPSA) is 116 Å². The molecule has 0 saturated heterocycles. The van der Waals surface area contributed by atoms with E-state index in [1.807, 2.05) is 94.5 Å². The number of carboxylic acids is 1. The van der Waals surface area contributed by atoms with E-state index in [4.69, 9.17) is 14.2 Å². The zero-order valence-corrected chi connectivity index (χ0v) is 31.0. The third-order valence-electron chi connectivity index (χ3n) is 9.90. The quantitative estimate of drug-likeness (QED) is 0.147. The van der Waals surface area contributed by atoms with E-state index in [9.17, 15) is 24.3 Å². The van der Waals surface area contributed by atoms with Crippen molar-refractivity contribution < 1.29 is 38.5 Å². The monoisotopic (exact) mass is 746 g/mol. The van der Waals surface area contributed by atoms with Crippen molar-refractivity contribution >= 4 is 35.7 Å². The number of hydrogen-bond acceptors (Lipinski definition) is 7. The largest absolute Gasteiger partial charge is 0.481 e. The standard InChI is InChI=1S/C24H20O4.C23H18O4.CH4/c1-14-4-7-18-22(10-14)28-23-11-15(2)5-8-19(23)24(18)20-12-17(16(3)26)6-9-21(20)27-13-25;1-13-3-6-17-20(9-13)27-21-10-14(2)4-7-18(21)22(17)16-8-5-15(12-24)11-19(16)23(25)26;/h4-13,22H,1-3H3;3-12,20H,1-2H3,(H,25,26);1H4. The highest BCUT2D eigenvalue weighted by Gasteiger charge is 2.32. The maximum absolute atomic E-state index is 12.0. The number of aryl methyl sites for hydroxylation is 2. The number of benzene rings is 4. The molecule has 1 N–H and O–H groups in total. The number of allylic oxidation sites excluding steroid dienone is 4. The summed E-state index contributed by atoms with van der Waals surface area (Å²) < 4.78 is 17.7. The average Bonchev–Trinajstić information content (AvgIpc) is 3.16. The van der Waals surface area contributed by atoms with Crippen molar-refractivity contribution in [3.8, 4) is 17.2 Å². The van der Waals surface area contributed by atoms with Crippen LogP contribution < -0.4 is 14.2 Å². The van der Waals surface area contributed by atoms with Crippen LogP contribution in [-0.4, -0.2) is 41.8 Å². The molecule has 282 valence electrons. The van der Waals surface area contributed by atoms with E-state index in [0.29, 0.717) is 40.8 Å². The van der Waals surface area contributed by atoms with Gasteiger partial charge in [-0.25, -0.2) is 4.79 Å². The first-order valence-corrected chi connectivity index (χ1v) is 17.8. The molecule has 56 heavy (non-hydrogen) atoms. The average molecular weight is 747 g/mol. The summed E-state index contributed by atoms with van der Waals surface area (Å²) in [6, 6.07) is 21.8. The van der Waals surface area contributed by atoms with Crippen LogP contribution in [-0.2, 0) is 4.79 Å². The minimum Gasteiger partial charge on any atom is -0.481 e. The number of carbonyl (C=O) groups is 4. The number of ether oxygens (including phenoxy) is 3. The van der Waals surface area contributed by atoms with Crippen LogP contribution in [0.25, 0.3) is 11.1 Å². The molecule has 8 heteroatoms. The predicted molar refractivity (Wildman–Crippen MR) is 218 cm³/mol. The van der Waals surface area contributed by atoms with Crippen molar-refractivity contribution in [1.82, 2.24) is 0 Å². The van der Waals surface area contributed by atoms with Gasteiger partial charge in [0.2, 0.25) is 0 Å². The van der Waals surface area contributed by atoms with Crippen molar-refractivity contribution in [2.45, 2.75) is 54.3 Å². The summed E-state index contributed by atoms with van der Waals surface area (Å²) in [5, 5.41) is 9.75. The number of carboxylic acid groups (broad SMARTS) is 1. The van der Waals surface area contributed by atoms with Crippen molar-refractivity contribution in [3.05, 3.63) is 182 Å². The Labute approximate surface area is 326 Å². The van der Waals surface area contributed by atoms with Crippen LogP contribution in [0.3, 0.4) is 0 Å². The van der Waals surface area contributed by atoms with Gasteiger partial charge in [0.05, 0.1) is 5.56 Å². The first-order valence-electron chi connectivity index (χ1n) is 17.8. The molecule has 0 saturated carbocycles. The molecule has 4 aliphatic rings. The summed E-state index contributed by atoms with van der Waals surface area (Å²) in [7, 11) is 0. The SMILES string of the molecule is C.CC(=O)c1ccc(OC=O)c(C2=C3C=CC(C)=CC3Oc3cc(C)ccc32)c1.CC1=CC2Oc3cc(C)ccc3C(c3ccc(C=O)cc3C(=O)O)=C2C=C1. The Morgan fingerprint density at radius 3 is 1.70 bits per heavy atom. The fraction of sp³-hybridized carbons (Fsp3) is 0.167. The molecule has 0 aromatic heterocycles. The van der Waals surface area contributed by atoms with Gasteiger partial charge in [-0.1, -0.05) is 79.3 Å². The van der Waals surface area contributed by atoms with Crippen molar-refractivity contribution in [1.29, 1.82) is 0 Å². The summed E-state index contributed by atoms with van der Waals surface area (Å²) in [6.45, 7) is 9.97. The second-order valence-corrected chi connectivity index (χ2v) is 13.9. The van der Waals surface area contributed by atoms with E-state index in [-0.39, 0.29) is 31.0 Å². The normalized spacial score (nSPS) is 17.1. The van der Waals surface area contributed by atoms with Gasteiger partial charge >= 0.3 is 5.97 Å². The number of Topliss-reactive ketones (excluding diaryl/α,β-unsaturated/α-hetero) is 1. The van der Waals surface area contributed by atoms with Crippen molar-refractivity contribution in [2.75, 3.05) is 0 Å². The van der Waals surface area contributed by atoms with E-state index in [1.54, 1.807) is 30.3 Å². The molecule has 0 fully saturated rings. The smallest absolute Gasteiger partial charge is 0.336 e. The summed E-state index contributed by atoms with van der Waals surface area (Å²) in [6.07, 6.45) is 12.3. The molecular formula is C48H42O8. The molecule has 4 aromatic carbocycles. The third kappa shape index (κ3) is 7.46. The van der Waals surface area contributed by atoms with E-state index in [1.165, 1.54) is 13.0 Å². The predicted octanol–water partition coefficient (Wildman–Crippen LogP) is 10.0. The lowest BCUT2D eigenvalue weighted by atomic mass is 9.83. The van der Waals surface area contributed by atoms with Crippen LogP contribution in [0.2, 0.25) is 0 Å². The summed E-state index contributed by atoms with van der Waals surface area (Å²) in [5.74, 6) is 0.800. The first kappa shape index (κ1) is 38.9. The molecule has 2 aliphatic heterocycles. The van der Waals surface area contributed by atoms with Gasteiger partial charge in [0.1, 0.15) is 35.7 Å².